The highest BCUT2D eigenvalue weighted by Gasteiger charge is 2.34. The van der Waals surface area contributed by atoms with Crippen molar-refractivity contribution in [2.75, 3.05) is 27.4 Å². The van der Waals surface area contributed by atoms with E-state index in [4.69, 9.17) is 14.2 Å². The van der Waals surface area contributed by atoms with Gasteiger partial charge in [0.05, 0.1) is 27.4 Å². The molecule has 0 aliphatic heterocycles. The lowest BCUT2D eigenvalue weighted by atomic mass is 9.93. The molecule has 0 aliphatic carbocycles. The molecular formula is C21H24O6. The maximum Gasteiger partial charge on any atom is 0.321 e. The number of esters is 1. The van der Waals surface area contributed by atoms with Gasteiger partial charge in [0.15, 0.2) is 0 Å². The molecule has 2 aromatic carbocycles. The predicted molar refractivity (Wildman–Crippen MR) is 103 cm³/mol. The van der Waals surface area contributed by atoms with Crippen molar-refractivity contribution in [1.82, 2.24) is 0 Å². The maximum atomic E-state index is 12.0. The average Bonchev–Trinajstić information content (AvgIpc) is 2.72. The van der Waals surface area contributed by atoms with Crippen LogP contribution in [0.1, 0.15) is 18.1 Å². The quantitative estimate of drug-likeness (QED) is 0.421. The molecule has 6 heteroatoms. The molecular weight excluding hydrogens is 348 g/mol. The van der Waals surface area contributed by atoms with Gasteiger partial charge in [0.1, 0.15) is 22.7 Å². The normalized spacial score (nSPS) is 11.4. The second-order valence-electron chi connectivity index (χ2n) is 6.31. The third kappa shape index (κ3) is 5.32. The Labute approximate surface area is 158 Å². The molecule has 0 unspecified atom stereocenters. The fraction of sp³-hybridized carbons (Fsp3) is 0.286. The molecule has 0 amide bonds. The van der Waals surface area contributed by atoms with E-state index in [-0.39, 0.29) is 0 Å². The number of ether oxygens (including phenoxy) is 3. The maximum absolute atomic E-state index is 12.0. The summed E-state index contributed by atoms with van der Waals surface area (Å²) in [4.78, 5) is 12.0. The summed E-state index contributed by atoms with van der Waals surface area (Å²) in [5, 5.41) is 18.5. The first kappa shape index (κ1) is 20.5. The van der Waals surface area contributed by atoms with Gasteiger partial charge in [0.25, 0.3) is 0 Å². The highest BCUT2D eigenvalue weighted by Crippen LogP contribution is 2.24. The fourth-order valence-electron chi connectivity index (χ4n) is 2.17. The first-order chi connectivity index (χ1) is 12.9. The van der Waals surface area contributed by atoms with Gasteiger partial charge in [-0.3, -0.25) is 4.79 Å². The monoisotopic (exact) mass is 372 g/mol. The predicted octanol–water partition coefficient (Wildman–Crippen LogP) is 2.77. The minimum Gasteiger partial charge on any atom is -0.497 e. The van der Waals surface area contributed by atoms with Crippen molar-refractivity contribution in [1.29, 1.82) is 0 Å². The number of hydrogen-bond donors (Lipinski definition) is 2. The van der Waals surface area contributed by atoms with E-state index in [9.17, 15) is 15.0 Å². The molecule has 0 radical (unpaired) electrons. The zero-order valence-electron chi connectivity index (χ0n) is 15.6. The third-order valence-corrected chi connectivity index (χ3v) is 4.12. The van der Waals surface area contributed by atoms with Crippen molar-refractivity contribution in [3.63, 3.8) is 0 Å². The molecule has 0 spiro atoms. The molecule has 0 saturated carbocycles. The minimum atomic E-state index is -1.33. The van der Waals surface area contributed by atoms with Gasteiger partial charge in [-0.2, -0.15) is 0 Å². The first-order valence-electron chi connectivity index (χ1n) is 8.39. The zero-order valence-corrected chi connectivity index (χ0v) is 15.6. The van der Waals surface area contributed by atoms with Crippen molar-refractivity contribution in [3.8, 4) is 17.2 Å². The van der Waals surface area contributed by atoms with Crippen LogP contribution in [-0.2, 0) is 4.79 Å². The van der Waals surface area contributed by atoms with Crippen LogP contribution < -0.4 is 14.2 Å². The van der Waals surface area contributed by atoms with E-state index in [0.717, 1.165) is 11.1 Å². The van der Waals surface area contributed by atoms with E-state index in [0.29, 0.717) is 17.2 Å². The summed E-state index contributed by atoms with van der Waals surface area (Å²) in [6.45, 7) is 0.454. The molecule has 6 nitrogen and oxygen atoms in total. The summed E-state index contributed by atoms with van der Waals surface area (Å²) in [7, 11) is 3.20. The Bertz CT molecular complexity index is 769. The van der Waals surface area contributed by atoms with Gasteiger partial charge in [-0.15, -0.1) is 0 Å². The Hall–Kier alpha value is -2.83. The topological polar surface area (TPSA) is 85.2 Å². The lowest BCUT2D eigenvalue weighted by molar-refractivity contribution is -0.149. The summed E-state index contributed by atoms with van der Waals surface area (Å²) in [5.74, 6) is 1.06. The number of rotatable bonds is 8. The number of aliphatic hydroxyl groups is 2. The highest BCUT2D eigenvalue weighted by molar-refractivity contribution is 5.79. The van der Waals surface area contributed by atoms with E-state index in [1.807, 2.05) is 24.3 Å². The number of hydrogen-bond acceptors (Lipinski definition) is 6. The van der Waals surface area contributed by atoms with Crippen LogP contribution in [0.15, 0.2) is 42.5 Å². The molecule has 2 rings (SSSR count). The Morgan fingerprint density at radius 3 is 1.89 bits per heavy atom. The number of benzene rings is 2. The lowest BCUT2D eigenvalue weighted by Crippen LogP contribution is -2.38. The molecule has 2 N–H and O–H groups in total. The van der Waals surface area contributed by atoms with Crippen molar-refractivity contribution in [3.05, 3.63) is 53.6 Å². The summed E-state index contributed by atoms with van der Waals surface area (Å²) in [6.07, 6.45) is 3.83. The Kier molecular flexibility index (Phi) is 6.98. The van der Waals surface area contributed by atoms with Gasteiger partial charge in [0.2, 0.25) is 0 Å². The Balaban J connectivity index is 2.10. The van der Waals surface area contributed by atoms with Gasteiger partial charge in [-0.1, -0.05) is 24.3 Å². The molecule has 0 heterocycles. The van der Waals surface area contributed by atoms with Gasteiger partial charge >= 0.3 is 5.97 Å². The largest absolute Gasteiger partial charge is 0.497 e. The number of aliphatic hydroxyl groups excluding tert-OH is 2. The molecule has 144 valence electrons. The van der Waals surface area contributed by atoms with Crippen molar-refractivity contribution < 1.29 is 29.2 Å². The van der Waals surface area contributed by atoms with E-state index in [1.165, 1.54) is 6.92 Å². The second-order valence-corrected chi connectivity index (χ2v) is 6.31. The summed E-state index contributed by atoms with van der Waals surface area (Å²) >= 11 is 0. The van der Waals surface area contributed by atoms with Crippen LogP contribution in [0.2, 0.25) is 0 Å². The molecule has 0 atom stereocenters. The molecule has 0 saturated heterocycles. The van der Waals surface area contributed by atoms with Crippen LogP contribution in [0.25, 0.3) is 12.2 Å². The SMILES string of the molecule is COc1cc(C=Cc2ccc(OC(=O)C(C)(CO)CO)cc2)cc(OC)c1. The van der Waals surface area contributed by atoms with E-state index in [2.05, 4.69) is 0 Å². The van der Waals surface area contributed by atoms with Crippen molar-refractivity contribution >= 4 is 18.1 Å². The van der Waals surface area contributed by atoms with Gasteiger partial charge < -0.3 is 24.4 Å². The molecule has 0 fully saturated rings. The van der Waals surface area contributed by atoms with Crippen LogP contribution in [-0.4, -0.2) is 43.6 Å². The molecule has 0 aromatic heterocycles. The first-order valence-corrected chi connectivity index (χ1v) is 8.39. The highest BCUT2D eigenvalue weighted by atomic mass is 16.5. The van der Waals surface area contributed by atoms with Gasteiger partial charge in [0, 0.05) is 6.07 Å². The van der Waals surface area contributed by atoms with Crippen LogP contribution in [0.3, 0.4) is 0 Å². The van der Waals surface area contributed by atoms with E-state index in [1.54, 1.807) is 44.6 Å². The fourth-order valence-corrected chi connectivity index (χ4v) is 2.17. The smallest absolute Gasteiger partial charge is 0.321 e. The summed E-state index contributed by atoms with van der Waals surface area (Å²) in [5.41, 5.74) is 0.497. The molecule has 0 aliphatic rings. The third-order valence-electron chi connectivity index (χ3n) is 4.12. The lowest BCUT2D eigenvalue weighted by Gasteiger charge is -2.21. The second kappa shape index (κ2) is 9.21. The standard InChI is InChI=1S/C21H24O6/c1-21(13-22,14-23)20(24)27-17-8-6-15(7-9-17)4-5-16-10-18(25-2)12-19(11-16)26-3/h4-12,22-23H,13-14H2,1-3H3. The van der Waals surface area contributed by atoms with E-state index >= 15 is 0 Å². The van der Waals surface area contributed by atoms with Crippen LogP contribution in [0.5, 0.6) is 17.2 Å². The van der Waals surface area contributed by atoms with Crippen molar-refractivity contribution in [2.24, 2.45) is 5.41 Å². The summed E-state index contributed by atoms with van der Waals surface area (Å²) in [6, 6.07) is 12.5. The van der Waals surface area contributed by atoms with Crippen LogP contribution in [0, 0.1) is 5.41 Å². The average molecular weight is 372 g/mol. The van der Waals surface area contributed by atoms with Crippen LogP contribution in [0.4, 0.5) is 0 Å². The Morgan fingerprint density at radius 2 is 1.41 bits per heavy atom. The number of methoxy groups -OCH3 is 2. The minimum absolute atomic E-state index is 0.341. The van der Waals surface area contributed by atoms with Crippen LogP contribution >= 0.6 is 0 Å². The van der Waals surface area contributed by atoms with Gasteiger partial charge in [-0.25, -0.2) is 0 Å². The van der Waals surface area contributed by atoms with Crippen molar-refractivity contribution in [2.45, 2.75) is 6.92 Å². The van der Waals surface area contributed by atoms with E-state index < -0.39 is 24.6 Å². The summed E-state index contributed by atoms with van der Waals surface area (Å²) < 4.78 is 15.7. The molecule has 0 bridgehead atoms. The van der Waals surface area contributed by atoms with Gasteiger partial charge in [-0.05, 0) is 42.3 Å². The number of carbonyl (C=O) groups is 1. The number of carbonyl (C=O) groups excluding carboxylic acids is 1. The zero-order chi connectivity index (χ0) is 19.9. The molecule has 2 aromatic rings. The molecule has 27 heavy (non-hydrogen) atoms. The Morgan fingerprint density at radius 1 is 0.889 bits per heavy atom.